The van der Waals surface area contributed by atoms with Crippen molar-refractivity contribution in [1.82, 2.24) is 4.90 Å². The fourth-order valence-corrected chi connectivity index (χ4v) is 5.89. The molecule has 0 heterocycles. The van der Waals surface area contributed by atoms with Crippen LogP contribution in [0.15, 0.2) is 54.6 Å². The number of aryl methyl sites for hydroxylation is 1. The molecule has 1 aliphatic carbocycles. The zero-order valence-electron chi connectivity index (χ0n) is 23.9. The first-order valence-corrected chi connectivity index (χ1v) is 14.1. The molecular weight excluding hydrogens is 526 g/mol. The molecule has 2 nitrogen and oxygen atoms in total. The Balaban J connectivity index is 0.00000178. The lowest BCUT2D eigenvalue weighted by molar-refractivity contribution is -0.263. The molecule has 8 heteroatoms. The lowest BCUT2D eigenvalue weighted by Crippen LogP contribution is -2.42. The maximum Gasteiger partial charge on any atom is 0.392 e. The molecule has 1 aliphatic rings. The standard InChI is InChI=1S/C30H39F6N.C2H3N/c1-4-26(37(21(2)3)19-18-22-8-6-5-7-9-22)16-12-23-10-13-24(14-11-23)25-15-17-27(29(31,32)33)28(20-25)30(34,35)36;1-2-3/h5-11,13-14,21,25-28H,4,12,15-20H2,1-3H3;1H3. The van der Waals surface area contributed by atoms with E-state index in [4.69, 9.17) is 5.26 Å². The molecule has 1 saturated carbocycles. The van der Waals surface area contributed by atoms with Gasteiger partial charge >= 0.3 is 12.4 Å². The van der Waals surface area contributed by atoms with Gasteiger partial charge in [0.2, 0.25) is 0 Å². The average Bonchev–Trinajstić information content (AvgIpc) is 2.90. The van der Waals surface area contributed by atoms with Gasteiger partial charge in [-0.05, 0) is 81.4 Å². The molecule has 0 spiro atoms. The van der Waals surface area contributed by atoms with Gasteiger partial charge in [-0.3, -0.25) is 4.90 Å². The SMILES string of the molecule is CC#N.CCC(CCc1ccc(C2CCC(C(F)(F)F)C(C(F)(F)F)C2)cc1)N(CCc1ccccc1)C(C)C. The molecule has 3 rings (SSSR count). The van der Waals surface area contributed by atoms with Crippen molar-refractivity contribution in [3.05, 3.63) is 71.3 Å². The molecule has 4 atom stereocenters. The molecule has 40 heavy (non-hydrogen) atoms. The maximum atomic E-state index is 13.5. The molecule has 0 N–H and O–H groups in total. The maximum absolute atomic E-state index is 13.5. The highest BCUT2D eigenvalue weighted by Gasteiger charge is 2.56. The number of alkyl halides is 6. The van der Waals surface area contributed by atoms with Gasteiger partial charge in [-0.25, -0.2) is 0 Å². The van der Waals surface area contributed by atoms with Crippen molar-refractivity contribution in [1.29, 1.82) is 5.26 Å². The minimum Gasteiger partial charge on any atom is -0.298 e. The first kappa shape index (κ1) is 33.7. The summed E-state index contributed by atoms with van der Waals surface area (Å²) in [4.78, 5) is 2.54. The number of hydrogen-bond acceptors (Lipinski definition) is 2. The molecule has 0 bridgehead atoms. The number of hydrogen-bond donors (Lipinski definition) is 0. The second kappa shape index (κ2) is 15.5. The van der Waals surface area contributed by atoms with E-state index in [0.29, 0.717) is 17.6 Å². The highest BCUT2D eigenvalue weighted by molar-refractivity contribution is 5.26. The Bertz CT molecular complexity index is 1020. The summed E-state index contributed by atoms with van der Waals surface area (Å²) in [6.07, 6.45) is -6.71. The number of halogens is 6. The van der Waals surface area contributed by atoms with Crippen LogP contribution in [0.2, 0.25) is 0 Å². The Labute approximate surface area is 235 Å². The Morgan fingerprint density at radius 2 is 1.40 bits per heavy atom. The minimum absolute atomic E-state index is 0.124. The van der Waals surface area contributed by atoms with Gasteiger partial charge in [0.05, 0.1) is 17.9 Å². The van der Waals surface area contributed by atoms with Crippen LogP contribution in [0.3, 0.4) is 0 Å². The molecule has 0 aromatic heterocycles. The highest BCUT2D eigenvalue weighted by atomic mass is 19.4. The lowest BCUT2D eigenvalue weighted by atomic mass is 9.71. The van der Waals surface area contributed by atoms with E-state index < -0.39 is 42.9 Å². The molecule has 1 fully saturated rings. The molecule has 0 amide bonds. The third kappa shape index (κ3) is 10.1. The third-order valence-corrected chi connectivity index (χ3v) is 8.01. The molecule has 4 unspecified atom stereocenters. The van der Waals surface area contributed by atoms with Gasteiger partial charge in [-0.1, -0.05) is 61.5 Å². The summed E-state index contributed by atoms with van der Waals surface area (Å²) in [6, 6.07) is 20.5. The topological polar surface area (TPSA) is 27.0 Å². The second-order valence-corrected chi connectivity index (χ2v) is 10.9. The first-order chi connectivity index (χ1) is 18.8. The molecule has 222 valence electrons. The molecular formula is C32H42F6N2. The van der Waals surface area contributed by atoms with Crippen molar-refractivity contribution in [2.75, 3.05) is 6.54 Å². The van der Waals surface area contributed by atoms with Crippen LogP contribution < -0.4 is 0 Å². The van der Waals surface area contributed by atoms with Gasteiger partial charge < -0.3 is 0 Å². The van der Waals surface area contributed by atoms with Crippen molar-refractivity contribution in [2.45, 2.75) is 103 Å². The molecule has 0 radical (unpaired) electrons. The van der Waals surface area contributed by atoms with Crippen molar-refractivity contribution < 1.29 is 26.3 Å². The molecule has 2 aromatic carbocycles. The number of benzene rings is 2. The summed E-state index contributed by atoms with van der Waals surface area (Å²) < 4.78 is 80.0. The van der Waals surface area contributed by atoms with E-state index in [1.165, 1.54) is 12.5 Å². The van der Waals surface area contributed by atoms with E-state index in [-0.39, 0.29) is 6.42 Å². The second-order valence-electron chi connectivity index (χ2n) is 10.9. The summed E-state index contributed by atoms with van der Waals surface area (Å²) in [5, 5.41) is 7.32. The van der Waals surface area contributed by atoms with E-state index in [1.54, 1.807) is 6.07 Å². The third-order valence-electron chi connectivity index (χ3n) is 8.01. The van der Waals surface area contributed by atoms with Gasteiger partial charge in [0, 0.05) is 25.6 Å². The zero-order chi connectivity index (χ0) is 29.9. The van der Waals surface area contributed by atoms with E-state index in [0.717, 1.165) is 37.8 Å². The molecule has 2 aromatic rings. The largest absolute Gasteiger partial charge is 0.392 e. The summed E-state index contributed by atoms with van der Waals surface area (Å²) in [5.41, 5.74) is 3.12. The summed E-state index contributed by atoms with van der Waals surface area (Å²) in [5.74, 6) is -5.15. The molecule has 0 aliphatic heterocycles. The van der Waals surface area contributed by atoms with Crippen LogP contribution in [0, 0.1) is 23.2 Å². The van der Waals surface area contributed by atoms with Crippen molar-refractivity contribution >= 4 is 0 Å². The number of nitrogens with zero attached hydrogens (tertiary/aromatic N) is 2. The Hall–Kier alpha value is -2.53. The quantitative estimate of drug-likeness (QED) is 0.267. The van der Waals surface area contributed by atoms with Crippen molar-refractivity contribution in [2.24, 2.45) is 11.8 Å². The minimum atomic E-state index is -4.85. The van der Waals surface area contributed by atoms with Gasteiger partial charge in [0.1, 0.15) is 0 Å². The van der Waals surface area contributed by atoms with Crippen LogP contribution in [-0.2, 0) is 12.8 Å². The Kier molecular flexibility index (Phi) is 13.0. The van der Waals surface area contributed by atoms with E-state index in [1.807, 2.05) is 30.3 Å². The van der Waals surface area contributed by atoms with Crippen LogP contribution in [0.25, 0.3) is 0 Å². The lowest BCUT2D eigenvalue weighted by Gasteiger charge is -2.38. The van der Waals surface area contributed by atoms with Crippen molar-refractivity contribution in [3.8, 4) is 6.07 Å². The summed E-state index contributed by atoms with van der Waals surface area (Å²) >= 11 is 0. The van der Waals surface area contributed by atoms with E-state index >= 15 is 0 Å². The van der Waals surface area contributed by atoms with Crippen LogP contribution >= 0.6 is 0 Å². The number of rotatable bonds is 10. The van der Waals surface area contributed by atoms with Crippen LogP contribution in [0.4, 0.5) is 26.3 Å². The van der Waals surface area contributed by atoms with E-state index in [2.05, 4.69) is 49.9 Å². The van der Waals surface area contributed by atoms with Crippen LogP contribution in [0.1, 0.15) is 82.4 Å². The smallest absolute Gasteiger partial charge is 0.298 e. The van der Waals surface area contributed by atoms with Crippen LogP contribution in [0.5, 0.6) is 0 Å². The predicted octanol–water partition coefficient (Wildman–Crippen LogP) is 9.51. The van der Waals surface area contributed by atoms with Gasteiger partial charge in [-0.2, -0.15) is 31.6 Å². The van der Waals surface area contributed by atoms with E-state index in [9.17, 15) is 26.3 Å². The summed E-state index contributed by atoms with van der Waals surface area (Å²) in [7, 11) is 0. The van der Waals surface area contributed by atoms with Gasteiger partial charge in [-0.15, -0.1) is 0 Å². The average molecular weight is 569 g/mol. The van der Waals surface area contributed by atoms with Gasteiger partial charge in [0.25, 0.3) is 0 Å². The highest BCUT2D eigenvalue weighted by Crippen LogP contribution is 2.52. The predicted molar refractivity (Wildman–Crippen MR) is 148 cm³/mol. The first-order valence-electron chi connectivity index (χ1n) is 14.1. The Morgan fingerprint density at radius 3 is 1.90 bits per heavy atom. The fourth-order valence-electron chi connectivity index (χ4n) is 5.89. The van der Waals surface area contributed by atoms with Crippen LogP contribution in [-0.4, -0.2) is 35.9 Å². The van der Waals surface area contributed by atoms with Gasteiger partial charge in [0.15, 0.2) is 0 Å². The normalized spacial score (nSPS) is 20.5. The van der Waals surface area contributed by atoms with Crippen molar-refractivity contribution in [3.63, 3.8) is 0 Å². The zero-order valence-corrected chi connectivity index (χ0v) is 23.9. The number of nitriles is 1. The monoisotopic (exact) mass is 568 g/mol. The summed E-state index contributed by atoms with van der Waals surface area (Å²) in [6.45, 7) is 9.02. The Morgan fingerprint density at radius 1 is 0.850 bits per heavy atom. The molecule has 0 saturated heterocycles. The fraction of sp³-hybridized carbons (Fsp3) is 0.594.